The number of amides is 1. The van der Waals surface area contributed by atoms with E-state index in [0.717, 1.165) is 44.0 Å². The van der Waals surface area contributed by atoms with Crippen molar-refractivity contribution in [1.82, 2.24) is 15.1 Å². The van der Waals surface area contributed by atoms with Crippen LogP contribution in [0.25, 0.3) is 0 Å². The lowest BCUT2D eigenvalue weighted by atomic mass is 10.2. The molecular weight excluding hydrogens is 228 g/mol. The number of nitrogens with one attached hydrogen (secondary N) is 1. The van der Waals surface area contributed by atoms with Gasteiger partial charge in [0.2, 0.25) is 5.91 Å². The van der Waals surface area contributed by atoms with E-state index in [1.54, 1.807) is 0 Å². The summed E-state index contributed by atoms with van der Waals surface area (Å²) in [5, 5.41) is 7.24. The molecule has 100 valence electrons. The van der Waals surface area contributed by atoms with Crippen LogP contribution in [0.1, 0.15) is 31.2 Å². The molecule has 0 aromatic carbocycles. The molecule has 1 aliphatic rings. The van der Waals surface area contributed by atoms with Crippen molar-refractivity contribution in [2.75, 3.05) is 31.1 Å². The summed E-state index contributed by atoms with van der Waals surface area (Å²) in [6.45, 7) is 9.56. The summed E-state index contributed by atoms with van der Waals surface area (Å²) in [5.41, 5.74) is 3.36. The van der Waals surface area contributed by atoms with Crippen LogP contribution in [0.5, 0.6) is 0 Å². The van der Waals surface area contributed by atoms with Crippen LogP contribution in [-0.4, -0.2) is 47.2 Å². The van der Waals surface area contributed by atoms with Crippen molar-refractivity contribution in [3.63, 3.8) is 0 Å². The van der Waals surface area contributed by atoms with Gasteiger partial charge in [-0.3, -0.25) is 9.89 Å². The van der Waals surface area contributed by atoms with Gasteiger partial charge < -0.3 is 9.80 Å². The average Bonchev–Trinajstić information content (AvgIpc) is 2.70. The Hall–Kier alpha value is -1.52. The van der Waals surface area contributed by atoms with E-state index in [0.29, 0.717) is 6.42 Å². The third kappa shape index (κ3) is 2.49. The zero-order valence-electron chi connectivity index (χ0n) is 11.5. The Morgan fingerprint density at radius 1 is 1.28 bits per heavy atom. The third-order valence-corrected chi connectivity index (χ3v) is 3.50. The smallest absolute Gasteiger partial charge is 0.222 e. The molecule has 1 saturated heterocycles. The molecule has 0 bridgehead atoms. The number of aromatic nitrogens is 2. The van der Waals surface area contributed by atoms with E-state index < -0.39 is 0 Å². The Morgan fingerprint density at radius 2 is 1.94 bits per heavy atom. The van der Waals surface area contributed by atoms with Gasteiger partial charge in [-0.1, -0.05) is 6.92 Å². The Bertz CT molecular complexity index is 399. The number of hydrogen-bond acceptors (Lipinski definition) is 3. The Balaban J connectivity index is 1.97. The van der Waals surface area contributed by atoms with Gasteiger partial charge >= 0.3 is 0 Å². The second kappa shape index (κ2) is 5.42. The molecular formula is C13H22N4O. The summed E-state index contributed by atoms with van der Waals surface area (Å²) in [4.78, 5) is 16.1. The van der Waals surface area contributed by atoms with Gasteiger partial charge in [-0.05, 0) is 20.3 Å². The van der Waals surface area contributed by atoms with Crippen LogP contribution in [0.3, 0.4) is 0 Å². The number of anilines is 1. The molecule has 1 fully saturated rings. The molecule has 2 rings (SSSR count). The molecule has 1 aliphatic heterocycles. The van der Waals surface area contributed by atoms with Gasteiger partial charge in [-0.15, -0.1) is 0 Å². The fourth-order valence-corrected chi connectivity index (χ4v) is 2.56. The standard InChI is InChI=1S/C13H22N4O/c1-4-5-12(18)16-6-8-17(9-7-16)13-10(2)14-15-11(13)3/h4-9H2,1-3H3,(H,14,15). The minimum atomic E-state index is 0.290. The van der Waals surface area contributed by atoms with Gasteiger partial charge in [0.25, 0.3) is 0 Å². The summed E-state index contributed by atoms with van der Waals surface area (Å²) in [5.74, 6) is 0.290. The number of carbonyl (C=O) groups is 1. The summed E-state index contributed by atoms with van der Waals surface area (Å²) in [6.07, 6.45) is 1.60. The van der Waals surface area contributed by atoms with Crippen molar-refractivity contribution in [1.29, 1.82) is 0 Å². The third-order valence-electron chi connectivity index (χ3n) is 3.50. The number of hydrogen-bond donors (Lipinski definition) is 1. The molecule has 1 aromatic rings. The molecule has 0 aliphatic carbocycles. The molecule has 0 unspecified atom stereocenters. The van der Waals surface area contributed by atoms with E-state index in [9.17, 15) is 4.79 Å². The predicted octanol–water partition coefficient (Wildman–Crippen LogP) is 1.48. The first-order chi connectivity index (χ1) is 8.63. The monoisotopic (exact) mass is 250 g/mol. The average molecular weight is 250 g/mol. The van der Waals surface area contributed by atoms with E-state index in [4.69, 9.17) is 0 Å². The molecule has 5 heteroatoms. The molecule has 18 heavy (non-hydrogen) atoms. The van der Waals surface area contributed by atoms with Crippen LogP contribution in [0.4, 0.5) is 5.69 Å². The minimum Gasteiger partial charge on any atom is -0.365 e. The minimum absolute atomic E-state index is 0.290. The zero-order valence-corrected chi connectivity index (χ0v) is 11.5. The van der Waals surface area contributed by atoms with E-state index in [2.05, 4.69) is 15.1 Å². The molecule has 0 spiro atoms. The highest BCUT2D eigenvalue weighted by molar-refractivity contribution is 5.76. The van der Waals surface area contributed by atoms with Crippen LogP contribution in [0, 0.1) is 13.8 Å². The lowest BCUT2D eigenvalue weighted by molar-refractivity contribution is -0.131. The molecule has 0 saturated carbocycles. The number of carbonyl (C=O) groups excluding carboxylic acids is 1. The van der Waals surface area contributed by atoms with Gasteiger partial charge in [-0.25, -0.2) is 0 Å². The number of aryl methyl sites for hydroxylation is 2. The quantitative estimate of drug-likeness (QED) is 0.884. The number of rotatable bonds is 3. The van der Waals surface area contributed by atoms with Crippen molar-refractivity contribution in [3.05, 3.63) is 11.4 Å². The van der Waals surface area contributed by atoms with Crippen molar-refractivity contribution in [3.8, 4) is 0 Å². The second-order valence-electron chi connectivity index (χ2n) is 4.90. The number of nitrogens with zero attached hydrogens (tertiary/aromatic N) is 3. The van der Waals surface area contributed by atoms with Crippen LogP contribution >= 0.6 is 0 Å². The maximum absolute atomic E-state index is 11.8. The summed E-state index contributed by atoms with van der Waals surface area (Å²) < 4.78 is 0. The number of H-pyrrole nitrogens is 1. The Kier molecular flexibility index (Phi) is 3.89. The second-order valence-corrected chi connectivity index (χ2v) is 4.90. The maximum atomic E-state index is 11.8. The topological polar surface area (TPSA) is 52.2 Å². The first kappa shape index (κ1) is 12.9. The highest BCUT2D eigenvalue weighted by Gasteiger charge is 2.23. The van der Waals surface area contributed by atoms with Gasteiger partial charge in [0, 0.05) is 32.6 Å². The summed E-state index contributed by atoms with van der Waals surface area (Å²) in [6, 6.07) is 0. The van der Waals surface area contributed by atoms with Crippen molar-refractivity contribution in [2.24, 2.45) is 0 Å². The molecule has 5 nitrogen and oxygen atoms in total. The lowest BCUT2D eigenvalue weighted by Gasteiger charge is -2.36. The highest BCUT2D eigenvalue weighted by Crippen LogP contribution is 2.23. The fourth-order valence-electron chi connectivity index (χ4n) is 2.56. The van der Waals surface area contributed by atoms with Crippen molar-refractivity contribution < 1.29 is 4.79 Å². The van der Waals surface area contributed by atoms with Crippen LogP contribution in [0.2, 0.25) is 0 Å². The largest absolute Gasteiger partial charge is 0.365 e. The van der Waals surface area contributed by atoms with E-state index in [1.165, 1.54) is 5.69 Å². The molecule has 1 aromatic heterocycles. The van der Waals surface area contributed by atoms with Crippen molar-refractivity contribution >= 4 is 11.6 Å². The zero-order chi connectivity index (χ0) is 13.1. The first-order valence-corrected chi connectivity index (χ1v) is 6.67. The van der Waals surface area contributed by atoms with Gasteiger partial charge in [0.1, 0.15) is 0 Å². The normalized spacial score (nSPS) is 16.2. The highest BCUT2D eigenvalue weighted by atomic mass is 16.2. The van der Waals surface area contributed by atoms with Gasteiger partial charge in [0.15, 0.2) is 0 Å². The molecule has 1 N–H and O–H groups in total. The molecule has 2 heterocycles. The molecule has 0 radical (unpaired) electrons. The first-order valence-electron chi connectivity index (χ1n) is 6.67. The Morgan fingerprint density at radius 3 is 2.44 bits per heavy atom. The lowest BCUT2D eigenvalue weighted by Crippen LogP contribution is -2.49. The number of aromatic amines is 1. The summed E-state index contributed by atoms with van der Waals surface area (Å²) >= 11 is 0. The molecule has 0 atom stereocenters. The fraction of sp³-hybridized carbons (Fsp3) is 0.692. The SMILES string of the molecule is CCCC(=O)N1CCN(c2c(C)n[nH]c2C)CC1. The predicted molar refractivity (Wildman–Crippen MR) is 71.8 cm³/mol. The van der Waals surface area contributed by atoms with Gasteiger partial charge in [0.05, 0.1) is 17.1 Å². The number of piperazine rings is 1. The van der Waals surface area contributed by atoms with E-state index in [1.807, 2.05) is 25.7 Å². The van der Waals surface area contributed by atoms with E-state index >= 15 is 0 Å². The van der Waals surface area contributed by atoms with Crippen molar-refractivity contribution in [2.45, 2.75) is 33.6 Å². The summed E-state index contributed by atoms with van der Waals surface area (Å²) in [7, 11) is 0. The molecule has 1 amide bonds. The van der Waals surface area contributed by atoms with E-state index in [-0.39, 0.29) is 5.91 Å². The maximum Gasteiger partial charge on any atom is 0.222 e. The van der Waals surface area contributed by atoms with Gasteiger partial charge in [-0.2, -0.15) is 5.10 Å². The van der Waals surface area contributed by atoms with Crippen LogP contribution in [-0.2, 0) is 4.79 Å². The van der Waals surface area contributed by atoms with Crippen LogP contribution < -0.4 is 4.90 Å². The van der Waals surface area contributed by atoms with Crippen LogP contribution in [0.15, 0.2) is 0 Å². The Labute approximate surface area is 108 Å².